The molecule has 1 N–H and O–H groups in total. The normalized spacial score (nSPS) is 12.5. The SMILES string of the molecule is COc1ccc(-c2c(C(OC(C)(C)C)C(=O)O)c(C)nc3cc(-c4ccccc4)nn23)cc1OC. The van der Waals surface area contributed by atoms with Crippen LogP contribution in [0.1, 0.15) is 38.1 Å². The summed E-state index contributed by atoms with van der Waals surface area (Å²) in [5.74, 6) is -0.0371. The minimum Gasteiger partial charge on any atom is -0.493 e. The molecule has 2 heterocycles. The number of carboxylic acids is 1. The number of benzene rings is 2. The Bertz CT molecular complexity index is 1370. The molecule has 0 spiro atoms. The van der Waals surface area contributed by atoms with Crippen LogP contribution in [0.4, 0.5) is 0 Å². The van der Waals surface area contributed by atoms with E-state index >= 15 is 0 Å². The van der Waals surface area contributed by atoms with Crippen LogP contribution in [0.2, 0.25) is 0 Å². The van der Waals surface area contributed by atoms with Crippen molar-refractivity contribution in [3.05, 3.63) is 65.9 Å². The zero-order valence-corrected chi connectivity index (χ0v) is 20.7. The van der Waals surface area contributed by atoms with Gasteiger partial charge in [-0.15, -0.1) is 0 Å². The van der Waals surface area contributed by atoms with Gasteiger partial charge in [0, 0.05) is 28.5 Å². The molecule has 0 fully saturated rings. The van der Waals surface area contributed by atoms with E-state index in [1.54, 1.807) is 37.8 Å². The maximum Gasteiger partial charge on any atom is 0.337 e. The zero-order valence-electron chi connectivity index (χ0n) is 20.7. The molecular formula is C27H29N3O5. The topological polar surface area (TPSA) is 95.2 Å². The van der Waals surface area contributed by atoms with E-state index < -0.39 is 17.7 Å². The van der Waals surface area contributed by atoms with E-state index in [4.69, 9.17) is 24.3 Å². The number of ether oxygens (including phenoxy) is 3. The Labute approximate surface area is 204 Å². The second-order valence-electron chi connectivity index (χ2n) is 9.14. The van der Waals surface area contributed by atoms with Gasteiger partial charge in [-0.1, -0.05) is 30.3 Å². The summed E-state index contributed by atoms with van der Waals surface area (Å²) in [6.07, 6.45) is -1.26. The predicted octanol–water partition coefficient (Wildman–Crippen LogP) is 5.33. The molecule has 0 aliphatic heterocycles. The van der Waals surface area contributed by atoms with Crippen LogP contribution in [0.15, 0.2) is 54.6 Å². The lowest BCUT2D eigenvalue weighted by molar-refractivity contribution is -0.160. The van der Waals surface area contributed by atoms with Crippen molar-refractivity contribution < 1.29 is 24.1 Å². The van der Waals surface area contributed by atoms with Gasteiger partial charge in [0.25, 0.3) is 0 Å². The van der Waals surface area contributed by atoms with Gasteiger partial charge in [-0.05, 0) is 45.9 Å². The third-order valence-corrected chi connectivity index (χ3v) is 5.51. The number of fused-ring (bicyclic) bond motifs is 1. The van der Waals surface area contributed by atoms with E-state index in [0.29, 0.717) is 39.7 Å². The van der Waals surface area contributed by atoms with Crippen LogP contribution in [0, 0.1) is 6.92 Å². The van der Waals surface area contributed by atoms with Crippen LogP contribution in [0.3, 0.4) is 0 Å². The Morgan fingerprint density at radius 1 is 0.971 bits per heavy atom. The molecule has 0 aliphatic carbocycles. The minimum absolute atomic E-state index is 0.426. The molecule has 8 nitrogen and oxygen atoms in total. The number of methoxy groups -OCH3 is 2. The van der Waals surface area contributed by atoms with E-state index in [0.717, 1.165) is 11.3 Å². The zero-order chi connectivity index (χ0) is 25.3. The molecule has 0 saturated heterocycles. The first-order valence-corrected chi connectivity index (χ1v) is 11.2. The Hall–Kier alpha value is -3.91. The lowest BCUT2D eigenvalue weighted by atomic mass is 9.98. The van der Waals surface area contributed by atoms with Gasteiger partial charge in [0.05, 0.1) is 31.2 Å². The summed E-state index contributed by atoms with van der Waals surface area (Å²) in [6, 6.07) is 17.1. The van der Waals surface area contributed by atoms with E-state index in [-0.39, 0.29) is 0 Å². The van der Waals surface area contributed by atoms with Gasteiger partial charge >= 0.3 is 5.97 Å². The van der Waals surface area contributed by atoms with Crippen molar-refractivity contribution in [3.63, 3.8) is 0 Å². The molecule has 4 rings (SSSR count). The van der Waals surface area contributed by atoms with Gasteiger partial charge in [-0.3, -0.25) is 0 Å². The first kappa shape index (κ1) is 24.2. The van der Waals surface area contributed by atoms with E-state index in [1.165, 1.54) is 0 Å². The fourth-order valence-corrected chi connectivity index (χ4v) is 4.04. The maximum absolute atomic E-state index is 12.5. The number of nitrogens with zero attached hydrogens (tertiary/aromatic N) is 3. The summed E-state index contributed by atoms with van der Waals surface area (Å²) >= 11 is 0. The fourth-order valence-electron chi connectivity index (χ4n) is 4.04. The molecule has 0 radical (unpaired) electrons. The molecule has 4 aromatic rings. The number of carbonyl (C=O) groups is 1. The number of carboxylic acid groups (broad SMARTS) is 1. The van der Waals surface area contributed by atoms with Crippen LogP contribution >= 0.6 is 0 Å². The fraction of sp³-hybridized carbons (Fsp3) is 0.296. The third-order valence-electron chi connectivity index (χ3n) is 5.51. The molecule has 182 valence electrons. The molecule has 2 aromatic carbocycles. The monoisotopic (exact) mass is 475 g/mol. The molecule has 0 amide bonds. The summed E-state index contributed by atoms with van der Waals surface area (Å²) in [7, 11) is 3.12. The van der Waals surface area contributed by atoms with Crippen molar-refractivity contribution in [1.29, 1.82) is 0 Å². The molecule has 1 unspecified atom stereocenters. The van der Waals surface area contributed by atoms with Crippen molar-refractivity contribution in [2.45, 2.75) is 39.4 Å². The third kappa shape index (κ3) is 4.83. The molecule has 2 aromatic heterocycles. The van der Waals surface area contributed by atoms with Gasteiger partial charge < -0.3 is 19.3 Å². The molecule has 1 atom stereocenters. The molecule has 35 heavy (non-hydrogen) atoms. The summed E-state index contributed by atoms with van der Waals surface area (Å²) in [5.41, 5.74) is 3.75. The first-order valence-electron chi connectivity index (χ1n) is 11.2. The highest BCUT2D eigenvalue weighted by atomic mass is 16.5. The average molecular weight is 476 g/mol. The maximum atomic E-state index is 12.5. The van der Waals surface area contributed by atoms with Crippen LogP contribution < -0.4 is 9.47 Å². The molecule has 0 saturated carbocycles. The summed E-state index contributed by atoms with van der Waals surface area (Å²) in [5, 5.41) is 15.0. The molecule has 0 aliphatic rings. The highest BCUT2D eigenvalue weighted by Crippen LogP contribution is 2.39. The smallest absolute Gasteiger partial charge is 0.337 e. The van der Waals surface area contributed by atoms with Crippen LogP contribution in [-0.4, -0.2) is 45.5 Å². The van der Waals surface area contributed by atoms with Gasteiger partial charge in [-0.2, -0.15) is 5.10 Å². The van der Waals surface area contributed by atoms with Crippen LogP contribution in [0.5, 0.6) is 11.5 Å². The Kier molecular flexibility index (Phi) is 6.49. The van der Waals surface area contributed by atoms with Crippen LogP contribution in [-0.2, 0) is 9.53 Å². The number of aryl methyl sites for hydroxylation is 1. The Morgan fingerprint density at radius 3 is 2.26 bits per heavy atom. The van der Waals surface area contributed by atoms with Crippen molar-refractivity contribution in [3.8, 4) is 34.0 Å². The van der Waals surface area contributed by atoms with Crippen molar-refractivity contribution in [1.82, 2.24) is 14.6 Å². The van der Waals surface area contributed by atoms with E-state index in [1.807, 2.05) is 63.2 Å². The lowest BCUT2D eigenvalue weighted by Crippen LogP contribution is -2.29. The highest BCUT2D eigenvalue weighted by molar-refractivity contribution is 5.81. The second kappa shape index (κ2) is 9.38. The van der Waals surface area contributed by atoms with Crippen molar-refractivity contribution in [2.75, 3.05) is 14.2 Å². The van der Waals surface area contributed by atoms with Gasteiger partial charge in [0.2, 0.25) is 0 Å². The number of aliphatic carboxylic acids is 1. The number of hydrogen-bond acceptors (Lipinski definition) is 6. The second-order valence-corrected chi connectivity index (χ2v) is 9.14. The molecular weight excluding hydrogens is 446 g/mol. The summed E-state index contributed by atoms with van der Waals surface area (Å²) in [6.45, 7) is 7.25. The number of hydrogen-bond donors (Lipinski definition) is 1. The predicted molar refractivity (Wildman–Crippen MR) is 133 cm³/mol. The quantitative estimate of drug-likeness (QED) is 0.386. The summed E-state index contributed by atoms with van der Waals surface area (Å²) in [4.78, 5) is 17.2. The van der Waals surface area contributed by atoms with Gasteiger partial charge in [0.15, 0.2) is 23.3 Å². The van der Waals surface area contributed by atoms with E-state index in [2.05, 4.69) is 0 Å². The number of aromatic nitrogens is 3. The van der Waals surface area contributed by atoms with Crippen molar-refractivity contribution in [2.24, 2.45) is 0 Å². The largest absolute Gasteiger partial charge is 0.493 e. The summed E-state index contributed by atoms with van der Waals surface area (Å²) < 4.78 is 18.6. The number of rotatable bonds is 7. The Morgan fingerprint density at radius 2 is 1.66 bits per heavy atom. The van der Waals surface area contributed by atoms with Gasteiger partial charge in [0.1, 0.15) is 0 Å². The highest BCUT2D eigenvalue weighted by Gasteiger charge is 2.33. The van der Waals surface area contributed by atoms with Gasteiger partial charge in [-0.25, -0.2) is 14.3 Å². The first-order chi connectivity index (χ1) is 16.6. The Balaban J connectivity index is 2.06. The van der Waals surface area contributed by atoms with Crippen LogP contribution in [0.25, 0.3) is 28.2 Å². The lowest BCUT2D eigenvalue weighted by Gasteiger charge is -2.27. The average Bonchev–Trinajstić information content (AvgIpc) is 3.25. The van der Waals surface area contributed by atoms with Crippen molar-refractivity contribution >= 4 is 11.6 Å². The van der Waals surface area contributed by atoms with E-state index in [9.17, 15) is 9.90 Å². The molecule has 0 bridgehead atoms. The minimum atomic E-state index is -1.26. The standard InChI is InChI=1S/C27H29N3O5/c1-16-23(25(26(31)32)35-27(2,3)4)24(18-12-13-20(33-5)21(14-18)34-6)30-22(28-16)15-19(29-30)17-10-8-7-9-11-17/h7-15,25H,1-6H3,(H,31,32). The molecule has 8 heteroatoms.